The van der Waals surface area contributed by atoms with Crippen molar-refractivity contribution in [2.75, 3.05) is 46.1 Å². The lowest BCUT2D eigenvalue weighted by atomic mass is 10.00. The number of likely N-dealkylation sites (tertiary alicyclic amines) is 1. The van der Waals surface area contributed by atoms with E-state index in [2.05, 4.69) is 84.7 Å². The van der Waals surface area contributed by atoms with E-state index < -0.39 is 292 Å². The molecule has 1 saturated heterocycles. The van der Waals surface area contributed by atoms with Gasteiger partial charge in [0.1, 0.15) is 108 Å². The number of primary amides is 1. The first kappa shape index (κ1) is 116. The van der Waals surface area contributed by atoms with Crippen LogP contribution in [0.1, 0.15) is 155 Å². The predicted octanol–water partition coefficient (Wildman–Crippen LogP) is -7.85. The van der Waals surface area contributed by atoms with E-state index in [0.29, 0.717) is 47.8 Å². The van der Waals surface area contributed by atoms with Crippen molar-refractivity contribution >= 4 is 123 Å². The number of nitrogens with zero attached hydrogens (tertiary/aromatic N) is 1. The minimum atomic E-state index is -1.96. The third-order valence-electron chi connectivity index (χ3n) is 22.5. The Hall–Kier alpha value is -13.6. The van der Waals surface area contributed by atoms with Gasteiger partial charge in [-0.2, -0.15) is 0 Å². The highest BCUT2D eigenvalue weighted by molar-refractivity contribution is 6.02. The first-order chi connectivity index (χ1) is 65.8. The van der Waals surface area contributed by atoms with Gasteiger partial charge in [-0.05, 0) is 163 Å². The predicted molar refractivity (Wildman–Crippen MR) is 496 cm³/mol. The largest absolute Gasteiger partial charge is 0.508 e. The second kappa shape index (κ2) is 58.2. The molecule has 33 N–H and O–H groups in total. The highest BCUT2D eigenvalue weighted by Crippen LogP contribution is 2.24. The van der Waals surface area contributed by atoms with Crippen LogP contribution in [0, 0.1) is 11.8 Å². The molecule has 0 spiro atoms. The molecule has 0 radical (unpaired) electrons. The number of carboxylic acid groups (broad SMARTS) is 2. The Kier molecular flexibility index (Phi) is 48.5. The number of aliphatic hydroxyl groups excluding tert-OH is 5. The van der Waals surface area contributed by atoms with Gasteiger partial charge in [0.2, 0.25) is 100 Å². The van der Waals surface area contributed by atoms with Crippen molar-refractivity contribution in [2.45, 2.75) is 266 Å². The Morgan fingerprint density at radius 2 is 0.777 bits per heavy atom. The average molecular weight is 1960 g/mol. The van der Waals surface area contributed by atoms with E-state index in [0.717, 1.165) is 11.8 Å². The Morgan fingerprint density at radius 3 is 1.23 bits per heavy atom. The molecule has 1 fully saturated rings. The SMILES string of the molecule is CC(C)C[C@H](NC(=O)[C@H](Cc1ccc(O)cc1)NC(=O)[C@H](CO)NC(=O)[C@H](CO)NC(=O)[C@H](C)NC(=O)[C@H](C)NC(=O)[C@H](Cc1ccc(O)cc1)NC(=O)[C@@H](N)CCCCN)C(=O)N[C@@H](CO)C(=O)N[C@@H](CC(C)C)C(=O)N[C@H](C(=O)N1CCC[C@H]1C(=O)N[C@@H](CCC(=O)O)C(=O)N[C@@H](CCC(N)=O)C(=O)N[C@@H](Cc1c[nH]c2ccccc12)C(=O)N[C@@H](CCCCN)C(=O)N[C@@H](CO)C(=O)O)[C@@H](C)O. The molecule has 2 heterocycles. The van der Waals surface area contributed by atoms with Crippen LogP contribution in [0.5, 0.6) is 11.5 Å². The number of aromatic nitrogens is 1. The van der Waals surface area contributed by atoms with E-state index in [9.17, 15) is 137 Å². The summed E-state index contributed by atoms with van der Waals surface area (Å²) in [6.45, 7) is 5.90. The number of nitrogens with two attached hydrogens (primary N) is 4. The molecule has 1 aromatic heterocycles. The Labute approximate surface area is 801 Å². The number of rotatable bonds is 61. The molecular weight excluding hydrogens is 1820 g/mol. The molecular formula is C90H135N21O28. The highest BCUT2D eigenvalue weighted by atomic mass is 16.4. The summed E-state index contributed by atoms with van der Waals surface area (Å²) >= 11 is 0. The molecule has 3 aromatic carbocycles. The minimum absolute atomic E-state index is 0.0695. The van der Waals surface area contributed by atoms with Crippen molar-refractivity contribution in [1.82, 2.24) is 89.6 Å². The number of benzene rings is 3. The number of phenols is 2. The number of carboxylic acids is 2. The summed E-state index contributed by atoms with van der Waals surface area (Å²) in [6.07, 6.45) is -2.36. The van der Waals surface area contributed by atoms with E-state index >= 15 is 0 Å². The molecule has 139 heavy (non-hydrogen) atoms. The molecule has 4 aromatic rings. The number of hydrogen-bond donors (Lipinski definition) is 29. The number of fused-ring (bicyclic) bond motifs is 1. The second-order valence-electron chi connectivity index (χ2n) is 34.9. The summed E-state index contributed by atoms with van der Waals surface area (Å²) in [6, 6.07) is -10.1. The first-order valence-electron chi connectivity index (χ1n) is 45.7. The standard InChI is InChI=1S/C90H135N21O28/c1-45(2)35-61(102-82(130)64(38-51-22-26-54(118)27-23-51)104-86(134)68(43-114)108-87(135)66(41-112)106-75(123)48(6)96-74(122)47(5)97-80(128)63(37-50-20-24-53(117)25-21-50)101-76(124)56(93)16-10-12-32-91)81(129)107-67(42-113)85(133)103-62(36-46(3)4)84(132)110-73(49(7)116)89(137)111-34-14-19-70(111)88(136)100-60(29-31-72(120)121)78(126)99-59(28-30-71(94)119)79(127)105-65(39-52-40-95-57-17-9-8-15-55(52)57)83(131)98-58(18-11-13-33-92)77(125)109-69(44-115)90(138)139/h8-9,15,17,20-27,40,45-49,56,58-70,73,95,112-118H,10-14,16,18-19,28-39,41-44,91-93H2,1-7H3,(H2,94,119)(H,96,122)(H,97,128)(H,98,131)(H,99,126)(H,100,136)(H,101,124)(H,102,130)(H,103,133)(H,104,134)(H,105,127)(H,106,123)(H,107,129)(H,108,135)(H,109,125)(H,110,132)(H,120,121)(H,138,139)/t47-,48-,49+,56-,58-,59-,60-,61-,62-,63-,64-,65-,66-,67-,68-,69-,70-,73-/m0/s1. The van der Waals surface area contributed by atoms with Crippen LogP contribution >= 0.6 is 0 Å². The van der Waals surface area contributed by atoms with Crippen LogP contribution in [0.25, 0.3) is 10.9 Å². The van der Waals surface area contributed by atoms with Crippen LogP contribution in [0.15, 0.2) is 79.0 Å². The van der Waals surface area contributed by atoms with Gasteiger partial charge in [0.05, 0.1) is 38.6 Å². The molecule has 0 aliphatic carbocycles. The molecule has 0 bridgehead atoms. The van der Waals surface area contributed by atoms with Crippen LogP contribution in [0.4, 0.5) is 0 Å². The van der Waals surface area contributed by atoms with Crippen molar-refractivity contribution < 1.29 is 137 Å². The van der Waals surface area contributed by atoms with Crippen molar-refractivity contribution in [3.8, 4) is 11.5 Å². The third-order valence-corrected chi connectivity index (χ3v) is 22.5. The first-order valence-corrected chi connectivity index (χ1v) is 45.7. The van der Waals surface area contributed by atoms with Gasteiger partial charge in [-0.25, -0.2) is 4.79 Å². The zero-order valence-corrected chi connectivity index (χ0v) is 78.6. The number of unbranched alkanes of at least 4 members (excludes halogenated alkanes) is 2. The lowest BCUT2D eigenvalue weighted by Gasteiger charge is -2.32. The van der Waals surface area contributed by atoms with Crippen molar-refractivity contribution in [2.24, 2.45) is 34.8 Å². The zero-order valence-electron chi connectivity index (χ0n) is 78.6. The van der Waals surface area contributed by atoms with Crippen molar-refractivity contribution in [3.05, 3.63) is 95.7 Å². The monoisotopic (exact) mass is 1960 g/mol. The fourth-order valence-corrected chi connectivity index (χ4v) is 14.8. The number of H-pyrrole nitrogens is 1. The molecule has 49 heteroatoms. The average Bonchev–Trinajstić information content (AvgIpc) is 1.74. The Morgan fingerprint density at radius 1 is 0.410 bits per heavy atom. The van der Waals surface area contributed by atoms with Crippen LogP contribution < -0.4 is 103 Å². The van der Waals surface area contributed by atoms with Gasteiger partial charge in [-0.3, -0.25) is 86.3 Å². The number of para-hydroxylation sites is 1. The van der Waals surface area contributed by atoms with Gasteiger partial charge in [-0.15, -0.1) is 0 Å². The summed E-state index contributed by atoms with van der Waals surface area (Å²) in [4.78, 5) is 267. The number of phenolic OH excluding ortho intramolecular Hbond substituents is 2. The van der Waals surface area contributed by atoms with Crippen LogP contribution in [-0.2, 0) is 110 Å². The maximum absolute atomic E-state index is 14.8. The minimum Gasteiger partial charge on any atom is -0.508 e. The van der Waals surface area contributed by atoms with Crippen molar-refractivity contribution in [1.29, 1.82) is 0 Å². The number of aromatic amines is 1. The fourth-order valence-electron chi connectivity index (χ4n) is 14.8. The van der Waals surface area contributed by atoms with Gasteiger partial charge in [-0.1, -0.05) is 76.6 Å². The third kappa shape index (κ3) is 38.4. The number of aliphatic carboxylic acids is 2. The lowest BCUT2D eigenvalue weighted by Crippen LogP contribution is -2.62. The number of amides is 17. The van der Waals surface area contributed by atoms with Crippen molar-refractivity contribution in [3.63, 3.8) is 0 Å². The normalized spacial score (nSPS) is 16.1. The molecule has 5 rings (SSSR count). The number of aliphatic hydroxyl groups is 5. The topological polar surface area (TPSA) is 810 Å². The second-order valence-corrected chi connectivity index (χ2v) is 34.9. The molecule has 0 unspecified atom stereocenters. The number of nitrogens with one attached hydrogen (secondary N) is 16. The van der Waals surface area contributed by atoms with Gasteiger partial charge in [0.25, 0.3) is 0 Å². The lowest BCUT2D eigenvalue weighted by molar-refractivity contribution is -0.145. The highest BCUT2D eigenvalue weighted by Gasteiger charge is 2.44. The van der Waals surface area contributed by atoms with E-state index in [1.807, 2.05) is 0 Å². The summed E-state index contributed by atoms with van der Waals surface area (Å²) in [5, 5.41) is 129. The van der Waals surface area contributed by atoms with Crippen LogP contribution in [0.2, 0.25) is 0 Å². The number of aromatic hydroxyl groups is 2. The van der Waals surface area contributed by atoms with Gasteiger partial charge in [0.15, 0.2) is 0 Å². The maximum Gasteiger partial charge on any atom is 0.328 e. The van der Waals surface area contributed by atoms with Gasteiger partial charge < -0.3 is 159 Å². The summed E-state index contributed by atoms with van der Waals surface area (Å²) in [5.74, 6) is -22.4. The number of hydrogen-bond acceptors (Lipinski definition) is 29. The van der Waals surface area contributed by atoms with E-state index in [1.54, 1.807) is 52.0 Å². The Bertz CT molecular complexity index is 4850. The molecule has 18 atom stereocenters. The molecule has 0 saturated carbocycles. The van der Waals surface area contributed by atoms with E-state index in [4.69, 9.17) is 22.9 Å². The van der Waals surface area contributed by atoms with Gasteiger partial charge >= 0.3 is 11.9 Å². The molecule has 1 aliphatic rings. The van der Waals surface area contributed by atoms with E-state index in [-0.39, 0.29) is 87.9 Å². The maximum atomic E-state index is 14.8. The zero-order chi connectivity index (χ0) is 104. The molecule has 17 amide bonds. The summed E-state index contributed by atoms with van der Waals surface area (Å²) < 4.78 is 0. The van der Waals surface area contributed by atoms with Crippen LogP contribution in [0.3, 0.4) is 0 Å². The summed E-state index contributed by atoms with van der Waals surface area (Å²) in [7, 11) is 0. The molecule has 49 nitrogen and oxygen atoms in total. The number of carbonyl (C=O) groups is 19. The summed E-state index contributed by atoms with van der Waals surface area (Å²) in [5.41, 5.74) is 24.7. The fraction of sp³-hybridized carbons (Fsp3) is 0.567. The van der Waals surface area contributed by atoms with E-state index in [1.165, 1.54) is 68.6 Å². The smallest absolute Gasteiger partial charge is 0.328 e. The Balaban J connectivity index is 1.29. The number of carbonyl (C=O) groups excluding carboxylic acids is 17. The molecule has 1 aliphatic heterocycles. The van der Waals surface area contributed by atoms with Gasteiger partial charge in [0, 0.05) is 55.7 Å². The molecule has 768 valence electrons. The quantitative estimate of drug-likeness (QED) is 0.0183. The van der Waals surface area contributed by atoms with Crippen LogP contribution in [-0.4, -0.2) is 323 Å².